The number of carbonyl (C=O) groups excluding carboxylic acids is 1. The Labute approximate surface area is 159 Å². The van der Waals surface area contributed by atoms with Crippen LogP contribution < -0.4 is 10.2 Å². The van der Waals surface area contributed by atoms with E-state index < -0.39 is 0 Å². The molecule has 4 nitrogen and oxygen atoms in total. The van der Waals surface area contributed by atoms with E-state index in [0.29, 0.717) is 17.8 Å². The second-order valence-electron chi connectivity index (χ2n) is 5.81. The Kier molecular flexibility index (Phi) is 5.63. The molecule has 0 atom stereocenters. The molecule has 1 amide bonds. The lowest BCUT2D eigenvalue weighted by Crippen LogP contribution is -2.18. The molecule has 1 aromatic heterocycles. The molecule has 0 aliphatic heterocycles. The predicted molar refractivity (Wildman–Crippen MR) is 105 cm³/mol. The number of hydrogen-bond donors (Lipinski definition) is 1. The molecular weight excluding hydrogens is 397 g/mol. The van der Waals surface area contributed by atoms with Crippen LogP contribution >= 0.6 is 15.9 Å². The quantitative estimate of drug-likeness (QED) is 0.648. The van der Waals surface area contributed by atoms with Gasteiger partial charge < -0.3 is 10.2 Å². The van der Waals surface area contributed by atoms with E-state index in [1.165, 1.54) is 30.5 Å². The fraction of sp³-hybridized carbons (Fsp3) is 0.100. The number of anilines is 2. The van der Waals surface area contributed by atoms with Gasteiger partial charge in [-0.05, 0) is 48.0 Å². The highest BCUT2D eigenvalue weighted by Crippen LogP contribution is 2.20. The molecule has 0 bridgehead atoms. The van der Waals surface area contributed by atoms with Crippen molar-refractivity contribution >= 4 is 33.3 Å². The third-order valence-electron chi connectivity index (χ3n) is 3.87. The lowest BCUT2D eigenvalue weighted by Gasteiger charge is -2.19. The summed E-state index contributed by atoms with van der Waals surface area (Å²) < 4.78 is 14.0. The lowest BCUT2D eigenvalue weighted by molar-refractivity contribution is 0.102. The first kappa shape index (κ1) is 18.1. The first-order chi connectivity index (χ1) is 12.5. The number of benzene rings is 2. The lowest BCUT2D eigenvalue weighted by atomic mass is 10.2. The standard InChI is InChI=1S/C20H17BrFN3O/c1-25(13-15-4-2-3-5-18(15)21)19-11-6-14(12-23-19)20(26)24-17-9-7-16(22)8-10-17/h2-12H,13H2,1H3,(H,24,26). The number of amides is 1. The highest BCUT2D eigenvalue weighted by Gasteiger charge is 2.10. The number of carbonyl (C=O) groups is 1. The second-order valence-corrected chi connectivity index (χ2v) is 6.67. The van der Waals surface area contributed by atoms with Crippen LogP contribution in [0.3, 0.4) is 0 Å². The van der Waals surface area contributed by atoms with Gasteiger partial charge in [-0.25, -0.2) is 9.37 Å². The first-order valence-corrected chi connectivity index (χ1v) is 8.80. The molecule has 0 saturated heterocycles. The van der Waals surface area contributed by atoms with Crippen LogP contribution in [0.5, 0.6) is 0 Å². The Morgan fingerprint density at radius 1 is 1.12 bits per heavy atom. The molecule has 0 unspecified atom stereocenters. The number of nitrogens with one attached hydrogen (secondary N) is 1. The minimum Gasteiger partial charge on any atom is -0.355 e. The fourth-order valence-corrected chi connectivity index (χ4v) is 2.86. The summed E-state index contributed by atoms with van der Waals surface area (Å²) in [5, 5.41) is 2.72. The normalized spacial score (nSPS) is 10.4. The van der Waals surface area contributed by atoms with Gasteiger partial charge >= 0.3 is 0 Å². The maximum absolute atomic E-state index is 12.9. The van der Waals surface area contributed by atoms with Crippen LogP contribution in [-0.2, 0) is 6.54 Å². The summed E-state index contributed by atoms with van der Waals surface area (Å²) in [6.45, 7) is 0.690. The number of pyridine rings is 1. The van der Waals surface area contributed by atoms with Gasteiger partial charge in [0.25, 0.3) is 5.91 Å². The van der Waals surface area contributed by atoms with Gasteiger partial charge in [-0.15, -0.1) is 0 Å². The Hall–Kier alpha value is -2.73. The Balaban J connectivity index is 1.66. The topological polar surface area (TPSA) is 45.2 Å². The third-order valence-corrected chi connectivity index (χ3v) is 4.64. The number of rotatable bonds is 5. The molecule has 0 aliphatic carbocycles. The maximum atomic E-state index is 12.9. The fourth-order valence-electron chi connectivity index (χ4n) is 2.45. The molecule has 0 spiro atoms. The Morgan fingerprint density at radius 2 is 1.85 bits per heavy atom. The highest BCUT2D eigenvalue weighted by atomic mass is 79.9. The van der Waals surface area contributed by atoms with Crippen molar-refractivity contribution in [2.75, 3.05) is 17.3 Å². The van der Waals surface area contributed by atoms with Crippen molar-refractivity contribution in [1.82, 2.24) is 4.98 Å². The predicted octanol–water partition coefficient (Wildman–Crippen LogP) is 4.87. The van der Waals surface area contributed by atoms with Crippen molar-refractivity contribution in [3.8, 4) is 0 Å². The highest BCUT2D eigenvalue weighted by molar-refractivity contribution is 9.10. The molecule has 6 heteroatoms. The number of hydrogen-bond acceptors (Lipinski definition) is 3. The monoisotopic (exact) mass is 413 g/mol. The van der Waals surface area contributed by atoms with E-state index in [4.69, 9.17) is 0 Å². The summed E-state index contributed by atoms with van der Waals surface area (Å²) in [4.78, 5) is 18.6. The summed E-state index contributed by atoms with van der Waals surface area (Å²) in [5.41, 5.74) is 2.12. The van der Waals surface area contributed by atoms with Crippen molar-refractivity contribution in [3.05, 3.63) is 88.3 Å². The molecule has 0 aliphatic rings. The van der Waals surface area contributed by atoms with Crippen molar-refractivity contribution in [1.29, 1.82) is 0 Å². The smallest absolute Gasteiger partial charge is 0.257 e. The van der Waals surface area contributed by atoms with E-state index in [9.17, 15) is 9.18 Å². The Bertz CT molecular complexity index is 898. The summed E-state index contributed by atoms with van der Waals surface area (Å²) >= 11 is 3.54. The zero-order chi connectivity index (χ0) is 18.5. The van der Waals surface area contributed by atoms with Gasteiger partial charge in [-0.2, -0.15) is 0 Å². The summed E-state index contributed by atoms with van der Waals surface area (Å²) in [7, 11) is 1.94. The summed E-state index contributed by atoms with van der Waals surface area (Å²) in [5.74, 6) is 0.130. The van der Waals surface area contributed by atoms with Gasteiger partial charge in [0.15, 0.2) is 0 Å². The van der Waals surface area contributed by atoms with Crippen molar-refractivity contribution in [2.45, 2.75) is 6.54 Å². The zero-order valence-corrected chi connectivity index (χ0v) is 15.7. The SMILES string of the molecule is CN(Cc1ccccc1Br)c1ccc(C(=O)Nc2ccc(F)cc2)cn1. The molecule has 0 radical (unpaired) electrons. The van der Waals surface area contributed by atoms with Crippen molar-refractivity contribution in [3.63, 3.8) is 0 Å². The summed E-state index contributed by atoms with van der Waals surface area (Å²) in [6, 6.07) is 17.2. The Morgan fingerprint density at radius 3 is 2.50 bits per heavy atom. The molecule has 1 N–H and O–H groups in total. The van der Waals surface area contributed by atoms with E-state index >= 15 is 0 Å². The van der Waals surface area contributed by atoms with Crippen molar-refractivity contribution in [2.24, 2.45) is 0 Å². The van der Waals surface area contributed by atoms with E-state index in [0.717, 1.165) is 15.9 Å². The van der Waals surface area contributed by atoms with Gasteiger partial charge in [0, 0.05) is 29.9 Å². The van der Waals surface area contributed by atoms with E-state index in [-0.39, 0.29) is 11.7 Å². The second kappa shape index (κ2) is 8.10. The average Bonchev–Trinajstić information content (AvgIpc) is 2.65. The summed E-state index contributed by atoms with van der Waals surface area (Å²) in [6.07, 6.45) is 1.53. The molecule has 26 heavy (non-hydrogen) atoms. The molecule has 3 rings (SSSR count). The number of aromatic nitrogens is 1. The van der Waals surface area contributed by atoms with Crippen molar-refractivity contribution < 1.29 is 9.18 Å². The molecular formula is C20H17BrFN3O. The van der Waals surface area contributed by atoms with Crippen LogP contribution in [0.2, 0.25) is 0 Å². The van der Waals surface area contributed by atoms with Crippen LogP contribution in [0.1, 0.15) is 15.9 Å². The van der Waals surface area contributed by atoms with Crippen LogP contribution in [0.15, 0.2) is 71.3 Å². The molecule has 132 valence electrons. The van der Waals surface area contributed by atoms with Crippen LogP contribution in [-0.4, -0.2) is 17.9 Å². The van der Waals surface area contributed by atoms with Gasteiger partial charge in [-0.3, -0.25) is 4.79 Å². The van der Waals surface area contributed by atoms with E-state index in [1.54, 1.807) is 12.1 Å². The minimum atomic E-state index is -0.345. The molecule has 0 fully saturated rings. The van der Waals surface area contributed by atoms with Gasteiger partial charge in [0.05, 0.1) is 5.56 Å². The first-order valence-electron chi connectivity index (χ1n) is 8.00. The molecule has 2 aromatic carbocycles. The number of nitrogens with zero attached hydrogens (tertiary/aromatic N) is 2. The minimum absolute atomic E-state index is 0.288. The van der Waals surface area contributed by atoms with E-state index in [1.807, 2.05) is 36.2 Å². The molecule has 3 aromatic rings. The van der Waals surface area contributed by atoms with Crippen LogP contribution in [0, 0.1) is 5.82 Å². The van der Waals surface area contributed by atoms with Gasteiger partial charge in [0.1, 0.15) is 11.6 Å². The van der Waals surface area contributed by atoms with Gasteiger partial charge in [0.2, 0.25) is 0 Å². The van der Waals surface area contributed by atoms with Crippen LogP contribution in [0.4, 0.5) is 15.9 Å². The molecule has 0 saturated carbocycles. The third kappa shape index (κ3) is 4.46. The maximum Gasteiger partial charge on any atom is 0.257 e. The van der Waals surface area contributed by atoms with E-state index in [2.05, 4.69) is 26.2 Å². The number of halogens is 2. The average molecular weight is 414 g/mol. The van der Waals surface area contributed by atoms with Gasteiger partial charge in [-0.1, -0.05) is 34.1 Å². The molecule has 1 heterocycles. The largest absolute Gasteiger partial charge is 0.355 e. The zero-order valence-electron chi connectivity index (χ0n) is 14.1. The van der Waals surface area contributed by atoms with Crippen LogP contribution in [0.25, 0.3) is 0 Å².